The summed E-state index contributed by atoms with van der Waals surface area (Å²) in [5.41, 5.74) is 2.48. The second kappa shape index (κ2) is 10.2. The lowest BCUT2D eigenvalue weighted by Crippen LogP contribution is -2.21. The van der Waals surface area contributed by atoms with Gasteiger partial charge in [0.15, 0.2) is 11.8 Å². The van der Waals surface area contributed by atoms with Crippen LogP contribution in [0.1, 0.15) is 23.4 Å². The molecule has 9 nitrogen and oxygen atoms in total. The van der Waals surface area contributed by atoms with Gasteiger partial charge in [-0.2, -0.15) is 0 Å². The van der Waals surface area contributed by atoms with Gasteiger partial charge in [-0.05, 0) is 38.2 Å². The zero-order chi connectivity index (χ0) is 21.6. The van der Waals surface area contributed by atoms with E-state index < -0.39 is 23.4 Å². The topological polar surface area (TPSA) is 124 Å². The Labute approximate surface area is 176 Å². The normalized spacial score (nSPS) is 10.5. The fraction of sp³-hybridized carbons (Fsp3) is 0.333. The van der Waals surface area contributed by atoms with E-state index >= 15 is 0 Å². The molecule has 154 valence electrons. The molecule has 2 aromatic rings. The third-order valence-corrected chi connectivity index (χ3v) is 4.82. The number of halogens is 1. The Bertz CT molecular complexity index is 931. The molecule has 1 aromatic heterocycles. The van der Waals surface area contributed by atoms with Gasteiger partial charge in [-0.15, -0.1) is 0 Å². The first-order chi connectivity index (χ1) is 13.7. The van der Waals surface area contributed by atoms with Crippen molar-refractivity contribution in [3.8, 4) is 0 Å². The van der Waals surface area contributed by atoms with Gasteiger partial charge in [0.2, 0.25) is 0 Å². The molecule has 0 bridgehead atoms. The number of aromatic nitrogens is 2. The van der Waals surface area contributed by atoms with E-state index in [0.29, 0.717) is 11.6 Å². The van der Waals surface area contributed by atoms with E-state index in [4.69, 9.17) is 16.3 Å². The largest absolute Gasteiger partial charge is 0.456 e. The zero-order valence-corrected chi connectivity index (χ0v) is 17.6. The van der Waals surface area contributed by atoms with Crippen molar-refractivity contribution < 1.29 is 19.2 Å². The van der Waals surface area contributed by atoms with E-state index in [9.17, 15) is 19.7 Å². The number of nitro groups is 1. The van der Waals surface area contributed by atoms with Crippen molar-refractivity contribution in [1.82, 2.24) is 9.97 Å². The molecule has 2 rings (SSSR count). The van der Waals surface area contributed by atoms with Gasteiger partial charge < -0.3 is 10.1 Å². The molecule has 0 aliphatic heterocycles. The van der Waals surface area contributed by atoms with E-state index in [-0.39, 0.29) is 22.8 Å². The third-order valence-electron chi connectivity index (χ3n) is 3.96. The highest BCUT2D eigenvalue weighted by atomic mass is 35.5. The fourth-order valence-electron chi connectivity index (χ4n) is 2.51. The number of carbonyl (C=O) groups excluding carboxylic acids is 2. The maximum atomic E-state index is 12.0. The summed E-state index contributed by atoms with van der Waals surface area (Å²) in [6.07, 6.45) is 2.37. The lowest BCUT2D eigenvalue weighted by Gasteiger charge is -2.10. The summed E-state index contributed by atoms with van der Waals surface area (Å²) in [6.45, 7) is 3.22. The van der Waals surface area contributed by atoms with Gasteiger partial charge in [-0.25, -0.2) is 9.97 Å². The smallest absolute Gasteiger partial charge is 0.306 e. The van der Waals surface area contributed by atoms with Crippen LogP contribution in [-0.2, 0) is 20.7 Å². The SMILES string of the molecule is CSc1nc(C)c(CCC(=O)OCC(=O)Nc2ccc([N+](=O)[O-])cc2Cl)c(C)n1. The summed E-state index contributed by atoms with van der Waals surface area (Å²) in [5, 5.41) is 13.8. The molecule has 0 radical (unpaired) electrons. The molecule has 0 aliphatic carbocycles. The van der Waals surface area contributed by atoms with Gasteiger partial charge in [0, 0.05) is 29.9 Å². The quantitative estimate of drug-likeness (QED) is 0.218. The molecule has 0 aliphatic rings. The van der Waals surface area contributed by atoms with Crippen LogP contribution in [0.2, 0.25) is 5.02 Å². The Morgan fingerprint density at radius 2 is 1.93 bits per heavy atom. The molecule has 0 saturated heterocycles. The highest BCUT2D eigenvalue weighted by Gasteiger charge is 2.14. The van der Waals surface area contributed by atoms with Crippen LogP contribution in [-0.4, -0.2) is 39.6 Å². The van der Waals surface area contributed by atoms with Crippen LogP contribution in [0.5, 0.6) is 0 Å². The van der Waals surface area contributed by atoms with E-state index in [0.717, 1.165) is 23.0 Å². The number of nitro benzene ring substituents is 1. The van der Waals surface area contributed by atoms with Crippen molar-refractivity contribution in [2.45, 2.75) is 31.8 Å². The van der Waals surface area contributed by atoms with Gasteiger partial charge in [0.1, 0.15) is 0 Å². The van der Waals surface area contributed by atoms with Gasteiger partial charge in [-0.3, -0.25) is 19.7 Å². The van der Waals surface area contributed by atoms with Gasteiger partial charge in [0.25, 0.3) is 11.6 Å². The van der Waals surface area contributed by atoms with Crippen LogP contribution >= 0.6 is 23.4 Å². The summed E-state index contributed by atoms with van der Waals surface area (Å²) in [4.78, 5) is 42.7. The highest BCUT2D eigenvalue weighted by molar-refractivity contribution is 7.98. The maximum Gasteiger partial charge on any atom is 0.306 e. The summed E-state index contributed by atoms with van der Waals surface area (Å²) in [5.74, 6) is -1.14. The number of nitrogens with zero attached hydrogens (tertiary/aromatic N) is 3. The minimum absolute atomic E-state index is 0.0125. The van der Waals surface area contributed by atoms with Crippen molar-refractivity contribution >= 4 is 46.6 Å². The summed E-state index contributed by atoms with van der Waals surface area (Å²) in [7, 11) is 0. The molecular formula is C18H19ClN4O5S. The maximum absolute atomic E-state index is 12.0. The molecule has 0 spiro atoms. The number of esters is 1. The molecule has 0 saturated carbocycles. The monoisotopic (exact) mass is 438 g/mol. The summed E-state index contributed by atoms with van der Waals surface area (Å²) >= 11 is 7.35. The number of hydrogen-bond acceptors (Lipinski definition) is 8. The third kappa shape index (κ3) is 6.40. The number of carbonyl (C=O) groups is 2. The van der Waals surface area contributed by atoms with Crippen molar-refractivity contribution in [1.29, 1.82) is 0 Å². The lowest BCUT2D eigenvalue weighted by atomic mass is 10.1. The van der Waals surface area contributed by atoms with E-state index in [1.54, 1.807) is 0 Å². The van der Waals surface area contributed by atoms with Gasteiger partial charge in [0.05, 0.1) is 15.6 Å². The fourth-order valence-corrected chi connectivity index (χ4v) is 3.19. The number of amides is 1. The van der Waals surface area contributed by atoms with Crippen LogP contribution in [0.3, 0.4) is 0 Å². The minimum atomic E-state index is -0.603. The first-order valence-electron chi connectivity index (χ1n) is 8.48. The molecule has 1 amide bonds. The number of nitrogens with one attached hydrogen (secondary N) is 1. The number of thioether (sulfide) groups is 1. The Morgan fingerprint density at radius 3 is 2.48 bits per heavy atom. The molecule has 1 N–H and O–H groups in total. The van der Waals surface area contributed by atoms with E-state index in [2.05, 4.69) is 15.3 Å². The minimum Gasteiger partial charge on any atom is -0.456 e. The molecule has 1 heterocycles. The number of rotatable bonds is 8. The van der Waals surface area contributed by atoms with Crippen LogP contribution in [0, 0.1) is 24.0 Å². The summed E-state index contributed by atoms with van der Waals surface area (Å²) in [6, 6.07) is 3.64. The van der Waals surface area contributed by atoms with Crippen LogP contribution < -0.4 is 5.32 Å². The van der Waals surface area contributed by atoms with Crippen molar-refractivity contribution in [3.05, 3.63) is 50.3 Å². The van der Waals surface area contributed by atoms with Crippen molar-refractivity contribution in [2.75, 3.05) is 18.2 Å². The van der Waals surface area contributed by atoms with Crippen LogP contribution in [0.25, 0.3) is 0 Å². The number of non-ortho nitro benzene ring substituents is 1. The van der Waals surface area contributed by atoms with Crippen LogP contribution in [0.4, 0.5) is 11.4 Å². The average molecular weight is 439 g/mol. The van der Waals surface area contributed by atoms with Gasteiger partial charge >= 0.3 is 5.97 Å². The predicted octanol–water partition coefficient (Wildman–Crippen LogP) is 3.49. The molecule has 0 fully saturated rings. The second-order valence-electron chi connectivity index (χ2n) is 5.99. The molecule has 11 heteroatoms. The molecule has 0 atom stereocenters. The van der Waals surface area contributed by atoms with E-state index in [1.165, 1.54) is 23.9 Å². The van der Waals surface area contributed by atoms with Crippen molar-refractivity contribution in [3.63, 3.8) is 0 Å². The van der Waals surface area contributed by atoms with E-state index in [1.807, 2.05) is 20.1 Å². The number of benzene rings is 1. The Balaban J connectivity index is 1.85. The number of hydrogen-bond donors (Lipinski definition) is 1. The first-order valence-corrected chi connectivity index (χ1v) is 10.1. The molecular weight excluding hydrogens is 420 g/mol. The molecule has 29 heavy (non-hydrogen) atoms. The van der Waals surface area contributed by atoms with Gasteiger partial charge in [-0.1, -0.05) is 23.4 Å². The number of aryl methyl sites for hydroxylation is 2. The summed E-state index contributed by atoms with van der Waals surface area (Å²) < 4.78 is 4.98. The number of anilines is 1. The van der Waals surface area contributed by atoms with Crippen LogP contribution in [0.15, 0.2) is 23.4 Å². The second-order valence-corrected chi connectivity index (χ2v) is 7.17. The number of ether oxygens (including phenoxy) is 1. The standard InChI is InChI=1S/C18H19ClN4O5S/c1-10-13(11(2)21-18(20-10)29-3)5-7-17(25)28-9-16(24)22-15-6-4-12(23(26)27)8-14(15)19/h4,6,8H,5,7,9H2,1-3H3,(H,22,24). The predicted molar refractivity (Wildman–Crippen MR) is 109 cm³/mol. The Morgan fingerprint density at radius 1 is 1.28 bits per heavy atom. The lowest BCUT2D eigenvalue weighted by molar-refractivity contribution is -0.384. The average Bonchev–Trinajstić information content (AvgIpc) is 2.66. The molecule has 1 aromatic carbocycles. The Kier molecular flexibility index (Phi) is 7.91. The van der Waals surface area contributed by atoms with Crippen molar-refractivity contribution in [2.24, 2.45) is 0 Å². The Hall–Kier alpha value is -2.72. The highest BCUT2D eigenvalue weighted by Crippen LogP contribution is 2.26. The zero-order valence-electron chi connectivity index (χ0n) is 16.0. The first kappa shape index (κ1) is 22.6. The molecule has 0 unspecified atom stereocenters.